The van der Waals surface area contributed by atoms with Gasteiger partial charge in [-0.05, 0) is 60.6 Å². The molecule has 7 nitrogen and oxygen atoms in total. The number of benzene rings is 4. The zero-order valence-corrected chi connectivity index (χ0v) is 31.6. The van der Waals surface area contributed by atoms with Crippen molar-refractivity contribution >= 4 is 55.0 Å². The molecule has 7 aromatic rings. The number of aliphatic hydroxyl groups excluding tert-OH is 2. The number of rotatable bonds is 4. The van der Waals surface area contributed by atoms with Crippen molar-refractivity contribution in [1.29, 1.82) is 0 Å². The Kier molecular flexibility index (Phi) is 13.9. The minimum Gasteiger partial charge on any atom is -0.545 e. The van der Waals surface area contributed by atoms with Crippen molar-refractivity contribution in [3.8, 4) is 22.5 Å². The van der Waals surface area contributed by atoms with E-state index in [0.717, 1.165) is 66.0 Å². The zero-order chi connectivity index (χ0) is 33.5. The monoisotopic (exact) mass is 1010 g/mol. The molecule has 7 rings (SSSR count). The smallest absolute Gasteiger partial charge is 0.155 e. The van der Waals surface area contributed by atoms with Crippen LogP contribution >= 0.6 is 0 Å². The van der Waals surface area contributed by atoms with Crippen molar-refractivity contribution in [3.05, 3.63) is 133 Å². The molecule has 2 N–H and O–H groups in total. The summed E-state index contributed by atoms with van der Waals surface area (Å²) in [5.74, 6) is -0.125. The largest absolute Gasteiger partial charge is 0.545 e. The Morgan fingerprint density at radius 1 is 0.612 bits per heavy atom. The fraction of sp³-hybridized carbons (Fsp3) is 0.100. The van der Waals surface area contributed by atoms with E-state index in [2.05, 4.69) is 48.5 Å². The van der Waals surface area contributed by atoms with Crippen molar-refractivity contribution < 1.29 is 66.3 Å². The number of ketones is 2. The van der Waals surface area contributed by atoms with Gasteiger partial charge in [-0.25, -0.2) is 0 Å². The number of aromatic nitrogens is 2. The fourth-order valence-corrected chi connectivity index (χ4v) is 5.12. The van der Waals surface area contributed by atoms with Crippen LogP contribution < -0.4 is 0 Å². The van der Waals surface area contributed by atoms with Crippen LogP contribution in [0.15, 0.2) is 125 Å². The molecule has 4 aromatic carbocycles. The van der Waals surface area contributed by atoms with Crippen LogP contribution in [0.25, 0.3) is 66.0 Å². The standard InChI is InChI=1S/C30H16N2O.2C5H8O2.2Pt/c1-3-9-21-17-31-27(15-19(21)7-1)25-13-5-11-23-24-12-6-14-26(30(24)33-29(23)25)28-16-20-8-2-4-10-22(20)18-32-28;2*1-4(6)3-5(2)7;;/h1-12,15-18H;2*3,6H,1-2H3;;/q-2;;;;/b;2*4-3-;;. The molecule has 254 valence electrons. The predicted molar refractivity (Wildman–Crippen MR) is 187 cm³/mol. The van der Waals surface area contributed by atoms with Crippen LogP contribution in [0.1, 0.15) is 27.7 Å². The van der Waals surface area contributed by atoms with E-state index in [9.17, 15) is 9.59 Å². The number of furan rings is 1. The number of aliphatic hydroxyl groups is 2. The fourth-order valence-electron chi connectivity index (χ4n) is 5.12. The SMILES string of the molecule is CC(=O)/C=C(/C)O.CC(=O)/C=C(/C)O.[Pt].[Pt].[c-]1ccc2c(oc3c(-c4cc5ccccc5cn4)[c-]ccc32)c1-c1cc2ccccc2cn1. The maximum absolute atomic E-state index is 10.0. The maximum atomic E-state index is 10.0. The molecule has 9 heteroatoms. The Hall–Kier alpha value is -4.70. The summed E-state index contributed by atoms with van der Waals surface area (Å²) in [6.07, 6.45) is 6.14. The van der Waals surface area contributed by atoms with E-state index >= 15 is 0 Å². The van der Waals surface area contributed by atoms with E-state index < -0.39 is 0 Å². The molecule has 0 aliphatic rings. The molecule has 0 atom stereocenters. The Morgan fingerprint density at radius 2 is 0.980 bits per heavy atom. The summed E-state index contributed by atoms with van der Waals surface area (Å²) in [6.45, 7) is 5.70. The Balaban J connectivity index is 0.000000347. The first kappa shape index (κ1) is 38.7. The van der Waals surface area contributed by atoms with Crippen molar-refractivity contribution in [2.45, 2.75) is 27.7 Å². The first-order chi connectivity index (χ1) is 22.6. The van der Waals surface area contributed by atoms with Crippen molar-refractivity contribution in [2.24, 2.45) is 0 Å². The summed E-state index contributed by atoms with van der Waals surface area (Å²) in [6, 6.07) is 35.3. The van der Waals surface area contributed by atoms with Crippen LogP contribution in [0.3, 0.4) is 0 Å². The van der Waals surface area contributed by atoms with Crippen LogP contribution in [0.4, 0.5) is 0 Å². The molecule has 0 saturated carbocycles. The van der Waals surface area contributed by atoms with Crippen molar-refractivity contribution in [3.63, 3.8) is 0 Å². The topological polar surface area (TPSA) is 114 Å². The number of nitrogens with zero attached hydrogens (tertiary/aromatic N) is 2. The molecule has 0 radical (unpaired) electrons. The molecule has 3 heterocycles. The van der Waals surface area contributed by atoms with Gasteiger partial charge in [0, 0.05) is 77.8 Å². The van der Waals surface area contributed by atoms with Crippen molar-refractivity contribution in [2.75, 3.05) is 0 Å². The Morgan fingerprint density at radius 3 is 1.31 bits per heavy atom. The van der Waals surface area contributed by atoms with Crippen LogP contribution in [0, 0.1) is 12.1 Å². The molecular weight excluding hydrogens is 979 g/mol. The third-order valence-corrected chi connectivity index (χ3v) is 6.99. The van der Waals surface area contributed by atoms with Gasteiger partial charge in [-0.15, -0.1) is 36.4 Å². The van der Waals surface area contributed by atoms with Gasteiger partial charge in [-0.2, -0.15) is 0 Å². The van der Waals surface area contributed by atoms with Gasteiger partial charge in [-0.3, -0.25) is 9.59 Å². The predicted octanol–water partition coefficient (Wildman–Crippen LogP) is 9.69. The number of hydrogen-bond acceptors (Lipinski definition) is 7. The van der Waals surface area contributed by atoms with E-state index in [1.54, 1.807) is 0 Å². The van der Waals surface area contributed by atoms with E-state index in [1.165, 1.54) is 39.8 Å². The molecule has 0 amide bonds. The molecule has 0 aliphatic carbocycles. The molecule has 0 saturated heterocycles. The summed E-state index contributed by atoms with van der Waals surface area (Å²) >= 11 is 0. The third kappa shape index (κ3) is 9.69. The Bertz CT molecular complexity index is 2160. The number of allylic oxidation sites excluding steroid dienone is 4. The van der Waals surface area contributed by atoms with Gasteiger partial charge in [0.2, 0.25) is 0 Å². The molecular formula is C40H32N2O5Pt2-2. The average molecular weight is 1010 g/mol. The molecule has 0 unspecified atom stereocenters. The quantitative estimate of drug-likeness (QED) is 0.103. The minimum absolute atomic E-state index is 0. The normalized spacial score (nSPS) is 11.1. The van der Waals surface area contributed by atoms with Crippen LogP contribution in [-0.2, 0) is 51.7 Å². The Labute approximate surface area is 312 Å². The number of carbonyl (C=O) groups excluding carboxylic acids is 2. The second-order valence-corrected chi connectivity index (χ2v) is 10.9. The van der Waals surface area contributed by atoms with Gasteiger partial charge in [0.1, 0.15) is 0 Å². The van der Waals surface area contributed by atoms with Crippen LogP contribution in [0.2, 0.25) is 0 Å². The first-order valence-electron chi connectivity index (χ1n) is 14.8. The number of carbonyl (C=O) groups is 2. The van der Waals surface area contributed by atoms with Gasteiger partial charge < -0.3 is 24.6 Å². The van der Waals surface area contributed by atoms with Gasteiger partial charge in [0.05, 0.1) is 11.5 Å². The first-order valence-corrected chi connectivity index (χ1v) is 14.8. The molecule has 3 aromatic heterocycles. The summed E-state index contributed by atoms with van der Waals surface area (Å²) in [7, 11) is 0. The van der Waals surface area contributed by atoms with Gasteiger partial charge in [0.25, 0.3) is 0 Å². The molecule has 0 aliphatic heterocycles. The minimum atomic E-state index is -0.125. The van der Waals surface area contributed by atoms with Crippen molar-refractivity contribution in [1.82, 2.24) is 9.97 Å². The van der Waals surface area contributed by atoms with Gasteiger partial charge >= 0.3 is 0 Å². The summed E-state index contributed by atoms with van der Waals surface area (Å²) in [5, 5.41) is 23.3. The molecule has 0 bridgehead atoms. The van der Waals surface area contributed by atoms with E-state index in [-0.39, 0.29) is 65.2 Å². The van der Waals surface area contributed by atoms with Gasteiger partial charge in [0.15, 0.2) is 11.6 Å². The second kappa shape index (κ2) is 17.6. The summed E-state index contributed by atoms with van der Waals surface area (Å²) < 4.78 is 6.51. The van der Waals surface area contributed by atoms with Gasteiger partial charge in [-0.1, -0.05) is 82.6 Å². The maximum Gasteiger partial charge on any atom is 0.155 e. The summed E-state index contributed by atoms with van der Waals surface area (Å²) in [4.78, 5) is 29.4. The van der Waals surface area contributed by atoms with Crippen LogP contribution in [0.5, 0.6) is 0 Å². The third-order valence-electron chi connectivity index (χ3n) is 6.99. The molecule has 0 fully saturated rings. The van der Waals surface area contributed by atoms with E-state index in [4.69, 9.17) is 24.6 Å². The molecule has 0 spiro atoms. The average Bonchev–Trinajstić information content (AvgIpc) is 3.43. The number of pyridine rings is 2. The van der Waals surface area contributed by atoms with E-state index in [0.29, 0.717) is 0 Å². The zero-order valence-electron chi connectivity index (χ0n) is 27.0. The molecule has 49 heavy (non-hydrogen) atoms. The number of hydrogen-bond donors (Lipinski definition) is 2. The second-order valence-electron chi connectivity index (χ2n) is 10.9. The van der Waals surface area contributed by atoms with Crippen LogP contribution in [-0.4, -0.2) is 31.7 Å². The van der Waals surface area contributed by atoms with E-state index in [1.807, 2.05) is 60.9 Å². The number of fused-ring (bicyclic) bond motifs is 5. The summed E-state index contributed by atoms with van der Waals surface area (Å²) in [5.41, 5.74) is 4.94.